The number of anilines is 1. The first kappa shape index (κ1) is 16.6. The zero-order valence-corrected chi connectivity index (χ0v) is 14.7. The number of aromatic nitrogens is 1. The van der Waals surface area contributed by atoms with E-state index in [4.69, 9.17) is 5.73 Å². The molecule has 0 saturated carbocycles. The van der Waals surface area contributed by atoms with Crippen molar-refractivity contribution in [3.63, 3.8) is 0 Å². The third-order valence-corrected chi connectivity index (χ3v) is 5.30. The van der Waals surface area contributed by atoms with Crippen molar-refractivity contribution in [1.82, 2.24) is 10.3 Å². The quantitative estimate of drug-likeness (QED) is 0.378. The van der Waals surface area contributed by atoms with Gasteiger partial charge in [0.2, 0.25) is 0 Å². The van der Waals surface area contributed by atoms with Gasteiger partial charge in [0, 0.05) is 46.5 Å². The van der Waals surface area contributed by atoms with E-state index in [1.807, 2.05) is 30.3 Å². The molecule has 1 aliphatic carbocycles. The van der Waals surface area contributed by atoms with Crippen LogP contribution in [0, 0.1) is 10.1 Å². The summed E-state index contributed by atoms with van der Waals surface area (Å²) in [6, 6.07) is 13.3. The molecule has 2 unspecified atom stereocenters. The first-order valence-electron chi connectivity index (χ1n) is 8.90. The molecule has 1 heterocycles. The van der Waals surface area contributed by atoms with Crippen molar-refractivity contribution < 1.29 is 4.92 Å². The number of nitro benzene ring substituents is 1. The van der Waals surface area contributed by atoms with Crippen LogP contribution in [0.4, 0.5) is 11.4 Å². The van der Waals surface area contributed by atoms with Gasteiger partial charge in [-0.1, -0.05) is 12.1 Å². The molecule has 0 aliphatic heterocycles. The normalized spacial score (nSPS) is 17.8. The summed E-state index contributed by atoms with van der Waals surface area (Å²) in [4.78, 5) is 14.0. The minimum atomic E-state index is -0.368. The van der Waals surface area contributed by atoms with Gasteiger partial charge in [-0.25, -0.2) is 0 Å². The minimum absolute atomic E-state index is 0.125. The lowest BCUT2D eigenvalue weighted by atomic mass is 9.90. The van der Waals surface area contributed by atoms with Gasteiger partial charge < -0.3 is 16.0 Å². The molecular formula is C20H22N4O2. The number of hydrogen-bond acceptors (Lipinski definition) is 4. The smallest absolute Gasteiger partial charge is 0.269 e. The number of aryl methyl sites for hydroxylation is 1. The SMILES string of the molecule is CC(NC1CCc2[nH]c3ccc(N)cc3c2C1)c1ccc([N+](=O)[O-])cc1. The molecule has 0 amide bonds. The molecule has 6 heteroatoms. The third-order valence-electron chi connectivity index (χ3n) is 5.30. The van der Waals surface area contributed by atoms with Crippen molar-refractivity contribution in [3.05, 3.63) is 69.4 Å². The van der Waals surface area contributed by atoms with E-state index in [0.29, 0.717) is 6.04 Å². The summed E-state index contributed by atoms with van der Waals surface area (Å²) in [6.07, 6.45) is 3.03. The van der Waals surface area contributed by atoms with Crippen LogP contribution in [0.25, 0.3) is 10.9 Å². The summed E-state index contributed by atoms with van der Waals surface area (Å²) in [7, 11) is 0. The van der Waals surface area contributed by atoms with E-state index in [-0.39, 0.29) is 16.7 Å². The molecule has 26 heavy (non-hydrogen) atoms. The van der Waals surface area contributed by atoms with Crippen molar-refractivity contribution in [2.45, 2.75) is 38.3 Å². The lowest BCUT2D eigenvalue weighted by Gasteiger charge is -2.27. The molecule has 2 aromatic carbocycles. The van der Waals surface area contributed by atoms with E-state index in [1.165, 1.54) is 16.6 Å². The number of nitro groups is 1. The molecule has 0 radical (unpaired) electrons. The molecule has 0 fully saturated rings. The number of nitrogens with two attached hydrogens (primary N) is 1. The summed E-state index contributed by atoms with van der Waals surface area (Å²) in [5, 5.41) is 15.7. The number of nitrogens with zero attached hydrogens (tertiary/aromatic N) is 1. The Hall–Kier alpha value is -2.86. The van der Waals surface area contributed by atoms with Crippen LogP contribution in [0.5, 0.6) is 0 Å². The number of nitrogen functional groups attached to an aromatic ring is 1. The maximum atomic E-state index is 10.8. The van der Waals surface area contributed by atoms with Gasteiger partial charge in [-0.05, 0) is 55.5 Å². The van der Waals surface area contributed by atoms with Gasteiger partial charge in [-0.15, -0.1) is 0 Å². The highest BCUT2D eigenvalue weighted by Gasteiger charge is 2.24. The Morgan fingerprint density at radius 3 is 2.77 bits per heavy atom. The Labute approximate surface area is 151 Å². The molecule has 1 aromatic heterocycles. The molecule has 4 N–H and O–H groups in total. The Kier molecular flexibility index (Phi) is 4.12. The van der Waals surface area contributed by atoms with Crippen molar-refractivity contribution in [2.24, 2.45) is 0 Å². The lowest BCUT2D eigenvalue weighted by molar-refractivity contribution is -0.384. The van der Waals surface area contributed by atoms with Crippen molar-refractivity contribution >= 4 is 22.3 Å². The average Bonchev–Trinajstić information content (AvgIpc) is 2.99. The third kappa shape index (κ3) is 3.04. The highest BCUT2D eigenvalue weighted by atomic mass is 16.6. The number of rotatable bonds is 4. The first-order valence-corrected chi connectivity index (χ1v) is 8.90. The van der Waals surface area contributed by atoms with E-state index in [1.54, 1.807) is 12.1 Å². The second kappa shape index (κ2) is 6.46. The molecule has 1 aliphatic rings. The van der Waals surface area contributed by atoms with Gasteiger partial charge in [0.25, 0.3) is 5.69 Å². The summed E-state index contributed by atoms with van der Waals surface area (Å²) < 4.78 is 0. The van der Waals surface area contributed by atoms with Gasteiger partial charge in [0.05, 0.1) is 4.92 Å². The van der Waals surface area contributed by atoms with E-state index in [0.717, 1.165) is 36.0 Å². The first-order chi connectivity index (χ1) is 12.5. The van der Waals surface area contributed by atoms with Crippen molar-refractivity contribution in [1.29, 1.82) is 0 Å². The summed E-state index contributed by atoms with van der Waals surface area (Å²) in [5.41, 5.74) is 11.7. The number of non-ortho nitro benzene ring substituents is 1. The second-order valence-electron chi connectivity index (χ2n) is 7.06. The van der Waals surface area contributed by atoms with Crippen LogP contribution in [-0.2, 0) is 12.8 Å². The van der Waals surface area contributed by atoms with Crippen LogP contribution in [0.15, 0.2) is 42.5 Å². The number of benzene rings is 2. The second-order valence-corrected chi connectivity index (χ2v) is 7.06. The summed E-state index contributed by atoms with van der Waals surface area (Å²) >= 11 is 0. The average molecular weight is 350 g/mol. The molecule has 3 aromatic rings. The van der Waals surface area contributed by atoms with E-state index < -0.39 is 0 Å². The number of fused-ring (bicyclic) bond motifs is 3. The standard InChI is InChI=1S/C20H22N4O2/c1-12(13-2-6-16(7-3-13)24(25)26)22-15-5-9-20-18(11-15)17-10-14(21)4-8-19(17)23-20/h2-4,6-8,10,12,15,22-23H,5,9,11,21H2,1H3. The fourth-order valence-corrected chi connectivity index (χ4v) is 3.91. The zero-order chi connectivity index (χ0) is 18.3. The van der Waals surface area contributed by atoms with E-state index >= 15 is 0 Å². The van der Waals surface area contributed by atoms with Gasteiger partial charge in [0.15, 0.2) is 0 Å². The predicted octanol–water partition coefficient (Wildman–Crippen LogP) is 3.87. The van der Waals surface area contributed by atoms with Crippen molar-refractivity contribution in [2.75, 3.05) is 5.73 Å². The maximum Gasteiger partial charge on any atom is 0.269 e. The maximum absolute atomic E-state index is 10.8. The molecule has 0 spiro atoms. The van der Waals surface area contributed by atoms with Crippen molar-refractivity contribution in [3.8, 4) is 0 Å². The molecule has 0 saturated heterocycles. The Morgan fingerprint density at radius 2 is 2.04 bits per heavy atom. The van der Waals surface area contributed by atoms with Crippen LogP contribution in [0.2, 0.25) is 0 Å². The summed E-state index contributed by atoms with van der Waals surface area (Å²) in [5.74, 6) is 0. The number of nitrogens with one attached hydrogen (secondary N) is 2. The van der Waals surface area contributed by atoms with Crippen LogP contribution in [-0.4, -0.2) is 15.9 Å². The highest BCUT2D eigenvalue weighted by Crippen LogP contribution is 2.31. The zero-order valence-electron chi connectivity index (χ0n) is 14.7. The molecule has 0 bridgehead atoms. The van der Waals surface area contributed by atoms with E-state index in [2.05, 4.69) is 17.2 Å². The van der Waals surface area contributed by atoms with Gasteiger partial charge in [-0.2, -0.15) is 0 Å². The molecule has 6 nitrogen and oxygen atoms in total. The van der Waals surface area contributed by atoms with Gasteiger partial charge in [0.1, 0.15) is 0 Å². The Morgan fingerprint density at radius 1 is 1.27 bits per heavy atom. The molecule has 134 valence electrons. The van der Waals surface area contributed by atoms with E-state index in [9.17, 15) is 10.1 Å². The predicted molar refractivity (Wildman–Crippen MR) is 103 cm³/mol. The molecular weight excluding hydrogens is 328 g/mol. The number of aromatic amines is 1. The minimum Gasteiger partial charge on any atom is -0.399 e. The number of H-pyrrole nitrogens is 1. The van der Waals surface area contributed by atoms with Crippen LogP contribution < -0.4 is 11.1 Å². The monoisotopic (exact) mass is 350 g/mol. The largest absolute Gasteiger partial charge is 0.399 e. The van der Waals surface area contributed by atoms with Gasteiger partial charge >= 0.3 is 0 Å². The van der Waals surface area contributed by atoms with Crippen LogP contribution >= 0.6 is 0 Å². The van der Waals surface area contributed by atoms with Gasteiger partial charge in [-0.3, -0.25) is 10.1 Å². The topological polar surface area (TPSA) is 97.0 Å². The number of hydrogen-bond donors (Lipinski definition) is 3. The fourth-order valence-electron chi connectivity index (χ4n) is 3.91. The Balaban J connectivity index is 1.51. The summed E-state index contributed by atoms with van der Waals surface area (Å²) in [6.45, 7) is 2.10. The molecule has 2 atom stereocenters. The van der Waals surface area contributed by atoms with Crippen LogP contribution in [0.1, 0.15) is 36.2 Å². The fraction of sp³-hybridized carbons (Fsp3) is 0.300. The lowest BCUT2D eigenvalue weighted by Crippen LogP contribution is -2.36. The van der Waals surface area contributed by atoms with Crippen LogP contribution in [0.3, 0.4) is 0 Å². The Bertz CT molecular complexity index is 962. The highest BCUT2D eigenvalue weighted by molar-refractivity contribution is 5.87. The molecule has 4 rings (SSSR count).